The summed E-state index contributed by atoms with van der Waals surface area (Å²) in [6.07, 6.45) is 41.9. The summed E-state index contributed by atoms with van der Waals surface area (Å²) in [4.78, 5) is 34.4. The van der Waals surface area contributed by atoms with Gasteiger partial charge in [-0.05, 0) is 77.0 Å². The SMILES string of the molecule is CC/C=C\C/C=C\C/C=C\C/C=C\CCCCCCCCC(=O)OC(CO)COP(=O)(O)OCC(CO)OC(=O)CCCCCCC/C=C\CCCCC. The van der Waals surface area contributed by atoms with E-state index < -0.39 is 58.4 Å². The van der Waals surface area contributed by atoms with Gasteiger partial charge in [-0.2, -0.15) is 0 Å². The fourth-order valence-electron chi connectivity index (χ4n) is 5.28. The maximum Gasteiger partial charge on any atom is 0.472 e. The summed E-state index contributed by atoms with van der Waals surface area (Å²) in [5.41, 5.74) is 0. The number of rotatable bonds is 38. The van der Waals surface area contributed by atoms with Crippen molar-refractivity contribution in [3.8, 4) is 0 Å². The fraction of sp³-hybridized carbons (Fsp3) is 0.721. The summed E-state index contributed by atoms with van der Waals surface area (Å²) in [7, 11) is -4.64. The molecule has 0 amide bonds. The van der Waals surface area contributed by atoms with E-state index in [0.717, 1.165) is 103 Å². The van der Waals surface area contributed by atoms with Crippen molar-refractivity contribution in [2.75, 3.05) is 26.4 Å². The number of esters is 2. The van der Waals surface area contributed by atoms with Crippen molar-refractivity contribution in [2.45, 2.75) is 174 Å². The van der Waals surface area contributed by atoms with Crippen molar-refractivity contribution >= 4 is 19.8 Å². The topological polar surface area (TPSA) is 149 Å². The minimum absolute atomic E-state index is 0.173. The zero-order chi connectivity index (χ0) is 39.8. The first-order valence-corrected chi connectivity index (χ1v) is 22.2. The fourth-order valence-corrected chi connectivity index (χ4v) is 6.06. The van der Waals surface area contributed by atoms with Crippen LogP contribution >= 0.6 is 7.82 Å². The highest BCUT2D eigenvalue weighted by Crippen LogP contribution is 2.43. The third-order valence-electron chi connectivity index (χ3n) is 8.46. The molecule has 0 aromatic carbocycles. The quantitative estimate of drug-likeness (QED) is 0.0239. The number of hydrogen-bond acceptors (Lipinski definition) is 9. The lowest BCUT2D eigenvalue weighted by Crippen LogP contribution is -2.28. The van der Waals surface area contributed by atoms with Crippen LogP contribution in [0.5, 0.6) is 0 Å². The average molecular weight is 783 g/mol. The molecule has 0 aliphatic heterocycles. The molecule has 0 aliphatic carbocycles. The van der Waals surface area contributed by atoms with Crippen molar-refractivity contribution in [2.24, 2.45) is 0 Å². The van der Waals surface area contributed by atoms with Gasteiger partial charge in [-0.25, -0.2) is 4.57 Å². The molecule has 3 atom stereocenters. The Morgan fingerprint density at radius 3 is 1.28 bits per heavy atom. The lowest BCUT2D eigenvalue weighted by Gasteiger charge is -2.20. The molecule has 0 bridgehead atoms. The molecule has 3 unspecified atom stereocenters. The molecule has 11 heteroatoms. The molecule has 0 aromatic heterocycles. The van der Waals surface area contributed by atoms with Crippen molar-refractivity contribution in [3.05, 3.63) is 60.8 Å². The molecule has 0 fully saturated rings. The molecule has 0 saturated heterocycles. The normalized spacial score (nSPS) is 14.5. The first kappa shape index (κ1) is 51.7. The monoisotopic (exact) mass is 783 g/mol. The zero-order valence-electron chi connectivity index (χ0n) is 33.7. The summed E-state index contributed by atoms with van der Waals surface area (Å²) < 4.78 is 32.5. The molecule has 0 aliphatic rings. The lowest BCUT2D eigenvalue weighted by molar-refractivity contribution is -0.153. The number of aliphatic hydroxyl groups excluding tert-OH is 2. The highest BCUT2D eigenvalue weighted by Gasteiger charge is 2.27. The van der Waals surface area contributed by atoms with Crippen LogP contribution in [0, 0.1) is 0 Å². The summed E-state index contributed by atoms with van der Waals surface area (Å²) in [5.74, 6) is -1.05. The second kappa shape index (κ2) is 38.9. The van der Waals surface area contributed by atoms with Gasteiger partial charge in [0.15, 0.2) is 0 Å². The van der Waals surface area contributed by atoms with Crippen LogP contribution in [0.2, 0.25) is 0 Å². The Hall–Kier alpha value is -2.33. The molecular formula is C43H75O10P. The summed E-state index contributed by atoms with van der Waals surface area (Å²) in [5, 5.41) is 19.1. The smallest absolute Gasteiger partial charge is 0.457 e. The average Bonchev–Trinajstić information content (AvgIpc) is 3.16. The van der Waals surface area contributed by atoms with Gasteiger partial charge in [0.2, 0.25) is 0 Å². The van der Waals surface area contributed by atoms with Gasteiger partial charge >= 0.3 is 19.8 Å². The molecule has 0 spiro atoms. The van der Waals surface area contributed by atoms with Crippen LogP contribution in [0.4, 0.5) is 0 Å². The van der Waals surface area contributed by atoms with Gasteiger partial charge in [-0.1, -0.05) is 132 Å². The molecule has 3 N–H and O–H groups in total. The number of ether oxygens (including phenoxy) is 2. The standard InChI is InChI=1S/C43H75O10P/c1-3-5-7-9-11-13-15-17-18-19-20-21-22-23-25-27-29-31-33-35-43(47)53-41(37-45)39-51-54(48,49)50-38-40(36-44)52-42(46)34-32-30-28-26-24-16-14-12-10-8-6-4-2/h5,7,11-14,17-18,20-21,40-41,44-45H,3-4,6,8-10,15-16,19,22-39H2,1-2H3,(H,48,49)/b7-5-,13-11-,14-12-,18-17-,21-20-. The van der Waals surface area contributed by atoms with Gasteiger partial charge in [-0.3, -0.25) is 18.6 Å². The van der Waals surface area contributed by atoms with Crippen LogP contribution in [0.25, 0.3) is 0 Å². The van der Waals surface area contributed by atoms with E-state index in [1.165, 1.54) is 19.3 Å². The summed E-state index contributed by atoms with van der Waals surface area (Å²) in [6, 6.07) is 0. The van der Waals surface area contributed by atoms with Gasteiger partial charge in [0.25, 0.3) is 0 Å². The minimum atomic E-state index is -4.64. The maximum atomic E-state index is 12.3. The van der Waals surface area contributed by atoms with E-state index in [4.69, 9.17) is 18.5 Å². The molecule has 10 nitrogen and oxygen atoms in total. The molecule has 312 valence electrons. The van der Waals surface area contributed by atoms with E-state index in [1.807, 2.05) is 0 Å². The molecule has 0 radical (unpaired) electrons. The highest BCUT2D eigenvalue weighted by atomic mass is 31.2. The number of aliphatic hydroxyl groups is 2. The summed E-state index contributed by atoms with van der Waals surface area (Å²) >= 11 is 0. The molecule has 0 aromatic rings. The molecule has 0 rings (SSSR count). The van der Waals surface area contributed by atoms with Gasteiger partial charge in [0.1, 0.15) is 12.2 Å². The highest BCUT2D eigenvalue weighted by molar-refractivity contribution is 7.47. The number of carbonyl (C=O) groups excluding carboxylic acids is 2. The third-order valence-corrected chi connectivity index (χ3v) is 9.41. The number of carbonyl (C=O) groups is 2. The number of allylic oxidation sites excluding steroid dienone is 10. The Morgan fingerprint density at radius 2 is 0.870 bits per heavy atom. The number of phosphoric ester groups is 1. The van der Waals surface area contributed by atoms with Gasteiger partial charge in [0, 0.05) is 12.8 Å². The Balaban J connectivity index is 3.98. The van der Waals surface area contributed by atoms with Crippen LogP contribution in [0.15, 0.2) is 60.8 Å². The molecule has 54 heavy (non-hydrogen) atoms. The first-order chi connectivity index (χ1) is 26.3. The predicted octanol–water partition coefficient (Wildman–Crippen LogP) is 10.7. The summed E-state index contributed by atoms with van der Waals surface area (Å²) in [6.45, 7) is 2.02. The first-order valence-electron chi connectivity index (χ1n) is 20.7. The number of unbranched alkanes of at least 4 members (excludes halogenated alkanes) is 14. The Kier molecular flexibility index (Phi) is 37.2. The zero-order valence-corrected chi connectivity index (χ0v) is 34.6. The van der Waals surface area contributed by atoms with Gasteiger partial charge < -0.3 is 24.6 Å². The number of phosphoric acid groups is 1. The van der Waals surface area contributed by atoms with Crippen LogP contribution in [-0.2, 0) is 32.7 Å². The second-order valence-electron chi connectivity index (χ2n) is 13.6. The maximum absolute atomic E-state index is 12.3. The van der Waals surface area contributed by atoms with E-state index in [-0.39, 0.29) is 12.8 Å². The Bertz CT molecular complexity index is 1080. The molecule has 0 saturated carbocycles. The van der Waals surface area contributed by atoms with Crippen LogP contribution in [-0.4, -0.2) is 65.7 Å². The van der Waals surface area contributed by atoms with Crippen molar-refractivity contribution < 1.29 is 47.8 Å². The van der Waals surface area contributed by atoms with Crippen molar-refractivity contribution in [1.29, 1.82) is 0 Å². The van der Waals surface area contributed by atoms with E-state index in [0.29, 0.717) is 12.8 Å². The predicted molar refractivity (Wildman–Crippen MR) is 219 cm³/mol. The largest absolute Gasteiger partial charge is 0.472 e. The Morgan fingerprint density at radius 1 is 0.519 bits per heavy atom. The third kappa shape index (κ3) is 36.6. The van der Waals surface area contributed by atoms with E-state index in [2.05, 4.69) is 74.6 Å². The van der Waals surface area contributed by atoms with Crippen molar-refractivity contribution in [3.63, 3.8) is 0 Å². The van der Waals surface area contributed by atoms with Crippen LogP contribution in [0.3, 0.4) is 0 Å². The number of hydrogen-bond donors (Lipinski definition) is 3. The van der Waals surface area contributed by atoms with E-state index in [9.17, 15) is 29.3 Å². The molecule has 0 heterocycles. The van der Waals surface area contributed by atoms with Gasteiger partial charge in [-0.15, -0.1) is 0 Å². The molecular weight excluding hydrogens is 707 g/mol. The lowest BCUT2D eigenvalue weighted by atomic mass is 10.1. The van der Waals surface area contributed by atoms with E-state index >= 15 is 0 Å². The van der Waals surface area contributed by atoms with Crippen LogP contribution in [0.1, 0.15) is 162 Å². The van der Waals surface area contributed by atoms with Crippen molar-refractivity contribution in [1.82, 2.24) is 0 Å². The van der Waals surface area contributed by atoms with E-state index in [1.54, 1.807) is 0 Å². The second-order valence-corrected chi connectivity index (χ2v) is 15.0. The van der Waals surface area contributed by atoms with Crippen LogP contribution < -0.4 is 0 Å². The Labute approximate surface area is 327 Å². The minimum Gasteiger partial charge on any atom is -0.457 e. The van der Waals surface area contributed by atoms with Gasteiger partial charge in [0.05, 0.1) is 26.4 Å².